The lowest BCUT2D eigenvalue weighted by Crippen LogP contribution is -1.94. The third-order valence-electron chi connectivity index (χ3n) is 1.61. The summed E-state index contributed by atoms with van der Waals surface area (Å²) >= 11 is 0. The largest absolute Gasteiger partial charge is 0.380 e. The summed E-state index contributed by atoms with van der Waals surface area (Å²) in [6.45, 7) is 0.360. The molecule has 0 aliphatic carbocycles. The standard InChI is InChI=1S/C11H12O2/c1-13-9-11(8-12)7-10-5-3-2-4-6-10/h2-8H,9H2,1H3/b11-7-. The van der Waals surface area contributed by atoms with Crippen molar-refractivity contribution in [3.8, 4) is 0 Å². The lowest BCUT2D eigenvalue weighted by molar-refractivity contribution is -0.105. The maximum absolute atomic E-state index is 10.6. The summed E-state index contributed by atoms with van der Waals surface area (Å²) < 4.78 is 4.87. The molecule has 0 spiro atoms. The topological polar surface area (TPSA) is 26.3 Å². The zero-order valence-corrected chi connectivity index (χ0v) is 7.57. The van der Waals surface area contributed by atoms with Crippen molar-refractivity contribution < 1.29 is 9.53 Å². The molecule has 0 saturated carbocycles. The van der Waals surface area contributed by atoms with Crippen LogP contribution in [0.4, 0.5) is 0 Å². The lowest BCUT2D eigenvalue weighted by Gasteiger charge is -1.97. The molecule has 2 heteroatoms. The summed E-state index contributed by atoms with van der Waals surface area (Å²) in [6.07, 6.45) is 2.63. The highest BCUT2D eigenvalue weighted by Crippen LogP contribution is 2.04. The fourth-order valence-electron chi connectivity index (χ4n) is 1.04. The van der Waals surface area contributed by atoms with Gasteiger partial charge >= 0.3 is 0 Å². The van der Waals surface area contributed by atoms with Crippen LogP contribution in [0.3, 0.4) is 0 Å². The summed E-state index contributed by atoms with van der Waals surface area (Å²) in [5, 5.41) is 0. The van der Waals surface area contributed by atoms with E-state index in [0.29, 0.717) is 12.2 Å². The van der Waals surface area contributed by atoms with Gasteiger partial charge in [0.1, 0.15) is 6.29 Å². The van der Waals surface area contributed by atoms with Crippen LogP contribution >= 0.6 is 0 Å². The molecule has 0 atom stereocenters. The van der Waals surface area contributed by atoms with Gasteiger partial charge in [-0.2, -0.15) is 0 Å². The fraction of sp³-hybridized carbons (Fsp3) is 0.182. The number of carbonyl (C=O) groups is 1. The normalized spacial score (nSPS) is 11.3. The highest BCUT2D eigenvalue weighted by molar-refractivity contribution is 5.81. The highest BCUT2D eigenvalue weighted by atomic mass is 16.5. The first kappa shape index (κ1) is 9.68. The van der Waals surface area contributed by atoms with Gasteiger partial charge in [0, 0.05) is 12.7 Å². The van der Waals surface area contributed by atoms with Gasteiger partial charge in [-0.1, -0.05) is 30.3 Å². The Labute approximate surface area is 77.8 Å². The first-order chi connectivity index (χ1) is 6.36. The number of hydrogen-bond donors (Lipinski definition) is 0. The van der Waals surface area contributed by atoms with Gasteiger partial charge in [0.25, 0.3) is 0 Å². The van der Waals surface area contributed by atoms with Crippen LogP contribution in [0.25, 0.3) is 6.08 Å². The molecule has 0 aromatic heterocycles. The molecule has 68 valence electrons. The van der Waals surface area contributed by atoms with E-state index in [2.05, 4.69) is 0 Å². The Balaban J connectivity index is 2.79. The summed E-state index contributed by atoms with van der Waals surface area (Å²) in [7, 11) is 1.57. The van der Waals surface area contributed by atoms with E-state index in [-0.39, 0.29) is 0 Å². The van der Waals surface area contributed by atoms with E-state index in [1.165, 1.54) is 0 Å². The quantitative estimate of drug-likeness (QED) is 0.517. The SMILES string of the molecule is COC/C(C=O)=C\c1ccccc1. The number of rotatable bonds is 4. The van der Waals surface area contributed by atoms with E-state index < -0.39 is 0 Å². The van der Waals surface area contributed by atoms with E-state index in [0.717, 1.165) is 11.8 Å². The molecular formula is C11H12O2. The van der Waals surface area contributed by atoms with Gasteiger partial charge in [-0.25, -0.2) is 0 Å². The molecule has 0 aliphatic rings. The number of carbonyl (C=O) groups excluding carboxylic acids is 1. The van der Waals surface area contributed by atoms with Crippen molar-refractivity contribution in [2.24, 2.45) is 0 Å². The highest BCUT2D eigenvalue weighted by Gasteiger charge is 1.93. The van der Waals surface area contributed by atoms with Gasteiger partial charge in [0.2, 0.25) is 0 Å². The average molecular weight is 176 g/mol. The summed E-state index contributed by atoms with van der Waals surface area (Å²) in [5.74, 6) is 0. The van der Waals surface area contributed by atoms with Crippen LogP contribution in [0.1, 0.15) is 5.56 Å². The Morgan fingerprint density at radius 1 is 1.38 bits per heavy atom. The van der Waals surface area contributed by atoms with Gasteiger partial charge in [-0.05, 0) is 11.6 Å². The second kappa shape index (κ2) is 5.27. The summed E-state index contributed by atoms with van der Waals surface area (Å²) in [4.78, 5) is 10.6. The van der Waals surface area contributed by atoms with Crippen LogP contribution in [-0.4, -0.2) is 20.0 Å². The lowest BCUT2D eigenvalue weighted by atomic mass is 10.1. The van der Waals surface area contributed by atoms with Gasteiger partial charge in [-0.3, -0.25) is 4.79 Å². The number of aldehydes is 1. The molecule has 0 saturated heterocycles. The van der Waals surface area contributed by atoms with Gasteiger partial charge < -0.3 is 4.74 Å². The van der Waals surface area contributed by atoms with Crippen molar-refractivity contribution in [1.82, 2.24) is 0 Å². The monoisotopic (exact) mass is 176 g/mol. The maximum Gasteiger partial charge on any atom is 0.148 e. The molecule has 0 heterocycles. The molecular weight excluding hydrogens is 164 g/mol. The first-order valence-electron chi connectivity index (χ1n) is 4.06. The zero-order valence-electron chi connectivity index (χ0n) is 7.57. The Bertz CT molecular complexity index is 288. The Kier molecular flexibility index (Phi) is 3.93. The van der Waals surface area contributed by atoms with Gasteiger partial charge in [0.05, 0.1) is 6.61 Å². The van der Waals surface area contributed by atoms with Crippen molar-refractivity contribution >= 4 is 12.4 Å². The van der Waals surface area contributed by atoms with Crippen molar-refractivity contribution in [3.63, 3.8) is 0 Å². The predicted octanol–water partition coefficient (Wildman–Crippen LogP) is 1.92. The smallest absolute Gasteiger partial charge is 0.148 e. The predicted molar refractivity (Wildman–Crippen MR) is 52.4 cm³/mol. The molecule has 0 N–H and O–H groups in total. The first-order valence-corrected chi connectivity index (χ1v) is 4.06. The van der Waals surface area contributed by atoms with E-state index in [1.807, 2.05) is 36.4 Å². The van der Waals surface area contributed by atoms with E-state index in [4.69, 9.17) is 4.74 Å². The number of methoxy groups -OCH3 is 1. The van der Waals surface area contributed by atoms with Crippen molar-refractivity contribution in [2.45, 2.75) is 0 Å². The van der Waals surface area contributed by atoms with Crippen LogP contribution in [-0.2, 0) is 9.53 Å². The fourth-order valence-corrected chi connectivity index (χ4v) is 1.04. The van der Waals surface area contributed by atoms with Crippen molar-refractivity contribution in [1.29, 1.82) is 0 Å². The van der Waals surface area contributed by atoms with Crippen molar-refractivity contribution in [2.75, 3.05) is 13.7 Å². The van der Waals surface area contributed by atoms with Crippen LogP contribution < -0.4 is 0 Å². The third kappa shape index (κ3) is 3.22. The molecule has 0 unspecified atom stereocenters. The van der Waals surface area contributed by atoms with E-state index in [9.17, 15) is 4.79 Å². The van der Waals surface area contributed by atoms with Gasteiger partial charge in [0.15, 0.2) is 0 Å². The molecule has 0 aliphatic heterocycles. The van der Waals surface area contributed by atoms with Gasteiger partial charge in [-0.15, -0.1) is 0 Å². The zero-order chi connectivity index (χ0) is 9.52. The molecule has 1 rings (SSSR count). The van der Waals surface area contributed by atoms with Crippen LogP contribution in [0.2, 0.25) is 0 Å². The second-order valence-corrected chi connectivity index (χ2v) is 2.68. The van der Waals surface area contributed by atoms with Crippen LogP contribution in [0, 0.1) is 0 Å². The van der Waals surface area contributed by atoms with Crippen LogP contribution in [0.5, 0.6) is 0 Å². The Morgan fingerprint density at radius 2 is 2.08 bits per heavy atom. The number of ether oxygens (including phenoxy) is 1. The Hall–Kier alpha value is -1.41. The average Bonchev–Trinajstić information content (AvgIpc) is 2.19. The summed E-state index contributed by atoms with van der Waals surface area (Å²) in [6, 6.07) is 9.69. The molecule has 0 bridgehead atoms. The molecule has 0 amide bonds. The molecule has 13 heavy (non-hydrogen) atoms. The van der Waals surface area contributed by atoms with Crippen LogP contribution in [0.15, 0.2) is 35.9 Å². The van der Waals surface area contributed by atoms with Crippen molar-refractivity contribution in [3.05, 3.63) is 41.5 Å². The maximum atomic E-state index is 10.6. The molecule has 0 radical (unpaired) electrons. The molecule has 0 fully saturated rings. The van der Waals surface area contributed by atoms with E-state index >= 15 is 0 Å². The number of hydrogen-bond acceptors (Lipinski definition) is 2. The minimum Gasteiger partial charge on any atom is -0.380 e. The Morgan fingerprint density at radius 3 is 2.62 bits per heavy atom. The molecule has 1 aromatic carbocycles. The minimum absolute atomic E-state index is 0.360. The van der Waals surface area contributed by atoms with E-state index in [1.54, 1.807) is 7.11 Å². The number of benzene rings is 1. The second-order valence-electron chi connectivity index (χ2n) is 2.68. The molecule has 1 aromatic rings. The summed E-state index contributed by atoms with van der Waals surface area (Å²) in [5.41, 5.74) is 1.66. The third-order valence-corrected chi connectivity index (χ3v) is 1.61. The minimum atomic E-state index is 0.360. The molecule has 2 nitrogen and oxygen atoms in total.